The van der Waals surface area contributed by atoms with Crippen LogP contribution in [0.4, 0.5) is 0 Å². The van der Waals surface area contributed by atoms with E-state index in [0.29, 0.717) is 6.42 Å². The largest absolute Gasteiger partial charge is 0.481 e. The van der Waals surface area contributed by atoms with Crippen molar-refractivity contribution in [3.8, 4) is 5.75 Å². The van der Waals surface area contributed by atoms with Crippen LogP contribution >= 0.6 is 0 Å². The molecule has 0 fully saturated rings. The molecule has 2 aromatic rings. The molecule has 3 nitrogen and oxygen atoms in total. The topological polar surface area (TPSA) is 38.3 Å². The van der Waals surface area contributed by atoms with Crippen molar-refractivity contribution in [2.75, 3.05) is 0 Å². The monoisotopic (exact) mass is 337 g/mol. The van der Waals surface area contributed by atoms with Gasteiger partial charge in [0.1, 0.15) is 5.75 Å². The Kier molecular flexibility index (Phi) is 5.42. The Hall–Kier alpha value is -2.29. The van der Waals surface area contributed by atoms with Crippen molar-refractivity contribution in [1.82, 2.24) is 5.32 Å². The number of fused-ring (bicyclic) bond motifs is 1. The zero-order valence-corrected chi connectivity index (χ0v) is 15.3. The fourth-order valence-corrected chi connectivity index (χ4v) is 3.44. The third-order valence-corrected chi connectivity index (χ3v) is 5.11. The smallest absolute Gasteiger partial charge is 0.261 e. The van der Waals surface area contributed by atoms with E-state index in [-0.39, 0.29) is 11.9 Å². The van der Waals surface area contributed by atoms with E-state index >= 15 is 0 Å². The first kappa shape index (κ1) is 17.5. The lowest BCUT2D eigenvalue weighted by Gasteiger charge is -2.28. The fourth-order valence-electron chi connectivity index (χ4n) is 3.44. The molecule has 1 N–H and O–H groups in total. The number of nitrogens with one attached hydrogen (secondary N) is 1. The van der Waals surface area contributed by atoms with Crippen LogP contribution in [-0.2, 0) is 11.2 Å². The standard InChI is InChI=1S/C22H27NO2/c1-4-21(25-18-13-12-15(2)16(3)14-18)22(24)23-20-11-7-9-17-8-5-6-10-19(17)20/h5-6,8,10,12-14,20-21H,4,7,9,11H2,1-3H3,(H,23,24)/t20-,21+/m1/s1. The van der Waals surface area contributed by atoms with Gasteiger partial charge in [0.15, 0.2) is 6.10 Å². The second-order valence-electron chi connectivity index (χ2n) is 6.91. The SMILES string of the molecule is CC[C@H](Oc1ccc(C)c(C)c1)C(=O)N[C@@H]1CCCc2ccccc21. The minimum absolute atomic E-state index is 0.0255. The van der Waals surface area contributed by atoms with E-state index in [9.17, 15) is 4.79 Å². The van der Waals surface area contributed by atoms with Gasteiger partial charge >= 0.3 is 0 Å². The number of carbonyl (C=O) groups is 1. The predicted octanol–water partition coefficient (Wildman–Crippen LogP) is 4.65. The van der Waals surface area contributed by atoms with Gasteiger partial charge in [0.2, 0.25) is 0 Å². The average molecular weight is 337 g/mol. The molecule has 2 aromatic carbocycles. The Bertz CT molecular complexity index is 753. The van der Waals surface area contributed by atoms with Crippen LogP contribution in [0, 0.1) is 13.8 Å². The Morgan fingerprint density at radius 3 is 2.76 bits per heavy atom. The average Bonchev–Trinajstić information content (AvgIpc) is 2.63. The van der Waals surface area contributed by atoms with Gasteiger partial charge in [-0.2, -0.15) is 0 Å². The molecule has 0 aliphatic heterocycles. The van der Waals surface area contributed by atoms with Crippen LogP contribution in [0.1, 0.15) is 54.5 Å². The number of carbonyl (C=O) groups excluding carboxylic acids is 1. The number of hydrogen-bond donors (Lipinski definition) is 1. The summed E-state index contributed by atoms with van der Waals surface area (Å²) in [6.45, 7) is 6.12. The third-order valence-electron chi connectivity index (χ3n) is 5.11. The fraction of sp³-hybridized carbons (Fsp3) is 0.409. The lowest BCUT2D eigenvalue weighted by atomic mass is 9.87. The van der Waals surface area contributed by atoms with E-state index in [0.717, 1.165) is 25.0 Å². The molecule has 132 valence electrons. The van der Waals surface area contributed by atoms with Crippen LogP contribution in [-0.4, -0.2) is 12.0 Å². The first-order chi connectivity index (χ1) is 12.1. The summed E-state index contributed by atoms with van der Waals surface area (Å²) in [4.78, 5) is 12.8. The summed E-state index contributed by atoms with van der Waals surface area (Å²) in [6, 6.07) is 14.5. The predicted molar refractivity (Wildman–Crippen MR) is 101 cm³/mol. The Morgan fingerprint density at radius 1 is 1.20 bits per heavy atom. The summed E-state index contributed by atoms with van der Waals surface area (Å²) in [7, 11) is 0. The molecule has 0 heterocycles. The van der Waals surface area contributed by atoms with E-state index in [1.54, 1.807) is 0 Å². The Morgan fingerprint density at radius 2 is 2.00 bits per heavy atom. The van der Waals surface area contributed by atoms with Crippen LogP contribution in [0.15, 0.2) is 42.5 Å². The van der Waals surface area contributed by atoms with Crippen LogP contribution in [0.3, 0.4) is 0 Å². The minimum atomic E-state index is -0.462. The molecule has 2 atom stereocenters. The van der Waals surface area contributed by atoms with E-state index in [1.807, 2.05) is 31.2 Å². The lowest BCUT2D eigenvalue weighted by Crippen LogP contribution is -2.41. The number of hydrogen-bond acceptors (Lipinski definition) is 2. The normalized spacial score (nSPS) is 17.5. The molecule has 0 saturated carbocycles. The summed E-state index contributed by atoms with van der Waals surface area (Å²) in [5.41, 5.74) is 5.00. The second-order valence-corrected chi connectivity index (χ2v) is 6.91. The van der Waals surface area contributed by atoms with Crippen molar-refractivity contribution >= 4 is 5.91 Å². The summed E-state index contributed by atoms with van der Waals surface area (Å²) >= 11 is 0. The molecule has 25 heavy (non-hydrogen) atoms. The highest BCUT2D eigenvalue weighted by atomic mass is 16.5. The maximum absolute atomic E-state index is 12.8. The van der Waals surface area contributed by atoms with E-state index in [4.69, 9.17) is 4.74 Å². The minimum Gasteiger partial charge on any atom is -0.481 e. The molecule has 3 rings (SSSR count). The number of ether oxygens (including phenoxy) is 1. The van der Waals surface area contributed by atoms with E-state index < -0.39 is 6.10 Å². The first-order valence-electron chi connectivity index (χ1n) is 9.20. The highest BCUT2D eigenvalue weighted by Crippen LogP contribution is 2.29. The van der Waals surface area contributed by atoms with Gasteiger partial charge in [0, 0.05) is 0 Å². The van der Waals surface area contributed by atoms with Gasteiger partial charge < -0.3 is 10.1 Å². The van der Waals surface area contributed by atoms with Crippen molar-refractivity contribution in [3.05, 3.63) is 64.7 Å². The van der Waals surface area contributed by atoms with Crippen LogP contribution in [0.5, 0.6) is 5.75 Å². The lowest BCUT2D eigenvalue weighted by molar-refractivity contribution is -0.129. The zero-order valence-electron chi connectivity index (χ0n) is 15.3. The Balaban J connectivity index is 1.70. The van der Waals surface area contributed by atoms with Crippen LogP contribution in [0.25, 0.3) is 0 Å². The second kappa shape index (κ2) is 7.73. The summed E-state index contributed by atoms with van der Waals surface area (Å²) in [5, 5.41) is 3.21. The molecule has 0 aromatic heterocycles. The molecule has 1 aliphatic carbocycles. The molecular weight excluding hydrogens is 310 g/mol. The molecule has 0 unspecified atom stereocenters. The molecule has 0 saturated heterocycles. The molecule has 0 spiro atoms. The highest BCUT2D eigenvalue weighted by molar-refractivity contribution is 5.81. The van der Waals surface area contributed by atoms with E-state index in [1.165, 1.54) is 22.3 Å². The highest BCUT2D eigenvalue weighted by Gasteiger charge is 2.25. The van der Waals surface area contributed by atoms with E-state index in [2.05, 4.69) is 37.4 Å². The number of amides is 1. The van der Waals surface area contributed by atoms with Crippen molar-refractivity contribution in [2.45, 2.75) is 58.6 Å². The first-order valence-corrected chi connectivity index (χ1v) is 9.20. The van der Waals surface area contributed by atoms with Crippen molar-refractivity contribution in [1.29, 1.82) is 0 Å². The van der Waals surface area contributed by atoms with Gasteiger partial charge in [0.25, 0.3) is 5.91 Å². The molecular formula is C22H27NO2. The summed E-state index contributed by atoms with van der Waals surface area (Å²) in [5.74, 6) is 0.733. The summed E-state index contributed by atoms with van der Waals surface area (Å²) < 4.78 is 5.98. The van der Waals surface area contributed by atoms with Gasteiger partial charge in [-0.3, -0.25) is 4.79 Å². The van der Waals surface area contributed by atoms with Crippen molar-refractivity contribution < 1.29 is 9.53 Å². The zero-order chi connectivity index (χ0) is 17.8. The molecule has 0 radical (unpaired) electrons. The third kappa shape index (κ3) is 4.04. The van der Waals surface area contributed by atoms with Gasteiger partial charge in [-0.1, -0.05) is 37.3 Å². The van der Waals surface area contributed by atoms with Gasteiger partial charge in [-0.05, 0) is 73.9 Å². The van der Waals surface area contributed by atoms with Gasteiger partial charge in [-0.25, -0.2) is 0 Å². The van der Waals surface area contributed by atoms with Crippen molar-refractivity contribution in [2.24, 2.45) is 0 Å². The number of rotatable bonds is 5. The number of benzene rings is 2. The number of aryl methyl sites for hydroxylation is 3. The Labute approximate surface area is 150 Å². The molecule has 3 heteroatoms. The molecule has 1 amide bonds. The molecule has 1 aliphatic rings. The van der Waals surface area contributed by atoms with Crippen molar-refractivity contribution in [3.63, 3.8) is 0 Å². The van der Waals surface area contributed by atoms with Crippen LogP contribution in [0.2, 0.25) is 0 Å². The van der Waals surface area contributed by atoms with Crippen LogP contribution < -0.4 is 10.1 Å². The summed E-state index contributed by atoms with van der Waals surface area (Å²) in [6.07, 6.45) is 3.38. The maximum atomic E-state index is 12.8. The molecule has 0 bridgehead atoms. The van der Waals surface area contributed by atoms with Gasteiger partial charge in [0.05, 0.1) is 6.04 Å². The maximum Gasteiger partial charge on any atom is 0.261 e. The quantitative estimate of drug-likeness (QED) is 0.862. The van der Waals surface area contributed by atoms with Gasteiger partial charge in [-0.15, -0.1) is 0 Å².